The molecule has 88 valence electrons. The summed E-state index contributed by atoms with van der Waals surface area (Å²) in [5, 5.41) is 16.2. The molecular weight excluding hydrogens is 240 g/mol. The summed E-state index contributed by atoms with van der Waals surface area (Å²) in [6.07, 6.45) is 3.07. The Kier molecular flexibility index (Phi) is 3.24. The second-order valence-electron chi connectivity index (χ2n) is 3.13. The van der Waals surface area contributed by atoms with Crippen molar-refractivity contribution in [2.75, 3.05) is 0 Å². The summed E-state index contributed by atoms with van der Waals surface area (Å²) >= 11 is 1.42. The van der Waals surface area contributed by atoms with E-state index in [9.17, 15) is 0 Å². The van der Waals surface area contributed by atoms with E-state index in [1.165, 1.54) is 18.1 Å². The Morgan fingerprint density at radius 2 is 2.35 bits per heavy atom. The van der Waals surface area contributed by atoms with Crippen LogP contribution < -0.4 is 5.73 Å². The van der Waals surface area contributed by atoms with Crippen molar-refractivity contribution in [2.24, 2.45) is 17.9 Å². The average molecular weight is 250 g/mol. The monoisotopic (exact) mass is 250 g/mol. The highest BCUT2D eigenvalue weighted by Crippen LogP contribution is 2.24. The zero-order chi connectivity index (χ0) is 12.3. The van der Waals surface area contributed by atoms with E-state index in [1.54, 1.807) is 24.0 Å². The lowest BCUT2D eigenvalue weighted by atomic mass is 10.3. The molecule has 2 aromatic rings. The van der Waals surface area contributed by atoms with E-state index in [1.807, 2.05) is 6.07 Å². The molecule has 17 heavy (non-hydrogen) atoms. The maximum Gasteiger partial charge on any atom is 0.190 e. The molecule has 8 heteroatoms. The van der Waals surface area contributed by atoms with Crippen LogP contribution in [0.25, 0.3) is 0 Å². The van der Waals surface area contributed by atoms with Gasteiger partial charge in [0.05, 0.1) is 0 Å². The van der Waals surface area contributed by atoms with Crippen molar-refractivity contribution in [1.82, 2.24) is 19.7 Å². The first-order valence-electron chi connectivity index (χ1n) is 4.66. The molecule has 0 saturated heterocycles. The smallest absolute Gasteiger partial charge is 0.190 e. The summed E-state index contributed by atoms with van der Waals surface area (Å²) in [6, 6.07) is 3.53. The summed E-state index contributed by atoms with van der Waals surface area (Å²) in [4.78, 5) is 8.97. The molecule has 7 nitrogen and oxygen atoms in total. The highest BCUT2D eigenvalue weighted by Gasteiger charge is 2.06. The minimum Gasteiger partial charge on any atom is -0.409 e. The molecule has 0 aromatic carbocycles. The summed E-state index contributed by atoms with van der Waals surface area (Å²) in [5.41, 5.74) is 5.88. The normalized spacial score (nSPS) is 11.7. The minimum atomic E-state index is -0.0228. The van der Waals surface area contributed by atoms with Crippen molar-refractivity contribution in [3.05, 3.63) is 30.4 Å². The van der Waals surface area contributed by atoms with Crippen LogP contribution in [0, 0.1) is 0 Å². The summed E-state index contributed by atoms with van der Waals surface area (Å²) in [7, 11) is 1.81. The standard InChI is InChI=1S/C9H10N6OS/c1-15-9(12-5-13-15)17-6-2-3-11-7(4-6)8(10)14-16/h2-5,16H,1H3,(H2,10,14). The fourth-order valence-electron chi connectivity index (χ4n) is 1.15. The number of hydrogen-bond donors (Lipinski definition) is 2. The number of nitrogens with zero attached hydrogens (tertiary/aromatic N) is 5. The largest absolute Gasteiger partial charge is 0.409 e. The number of pyridine rings is 1. The molecule has 0 amide bonds. The van der Waals surface area contributed by atoms with E-state index in [4.69, 9.17) is 10.9 Å². The Hall–Kier alpha value is -2.09. The molecule has 0 unspecified atom stereocenters. The number of aryl methyl sites for hydroxylation is 1. The van der Waals surface area contributed by atoms with Gasteiger partial charge in [0.15, 0.2) is 11.0 Å². The molecule has 0 atom stereocenters. The molecular formula is C9H10N6OS. The van der Waals surface area contributed by atoms with Crippen LogP contribution in [0.2, 0.25) is 0 Å². The minimum absolute atomic E-state index is 0.0228. The van der Waals surface area contributed by atoms with E-state index in [0.717, 1.165) is 10.1 Å². The quantitative estimate of drug-likeness (QED) is 0.355. The third-order valence-electron chi connectivity index (χ3n) is 1.98. The molecule has 2 aromatic heterocycles. The van der Waals surface area contributed by atoms with Gasteiger partial charge in [-0.25, -0.2) is 9.67 Å². The van der Waals surface area contributed by atoms with Gasteiger partial charge in [-0.2, -0.15) is 5.10 Å². The zero-order valence-corrected chi connectivity index (χ0v) is 9.79. The molecule has 0 saturated carbocycles. The Morgan fingerprint density at radius 3 is 3.00 bits per heavy atom. The molecule has 0 aliphatic carbocycles. The van der Waals surface area contributed by atoms with E-state index in [0.29, 0.717) is 5.69 Å². The lowest BCUT2D eigenvalue weighted by molar-refractivity contribution is 0.318. The van der Waals surface area contributed by atoms with Gasteiger partial charge in [-0.15, -0.1) is 0 Å². The first-order chi connectivity index (χ1) is 8.20. The number of aromatic nitrogens is 4. The summed E-state index contributed by atoms with van der Waals surface area (Å²) in [5.74, 6) is -0.0228. The number of oxime groups is 1. The van der Waals surface area contributed by atoms with Gasteiger partial charge in [0.1, 0.15) is 12.0 Å². The van der Waals surface area contributed by atoms with Gasteiger partial charge in [-0.1, -0.05) is 16.9 Å². The molecule has 0 radical (unpaired) electrons. The van der Waals surface area contributed by atoms with E-state index < -0.39 is 0 Å². The van der Waals surface area contributed by atoms with Crippen LogP contribution in [-0.4, -0.2) is 30.8 Å². The predicted molar refractivity (Wildman–Crippen MR) is 61.9 cm³/mol. The van der Waals surface area contributed by atoms with Crippen LogP contribution in [0.15, 0.2) is 39.9 Å². The molecule has 0 bridgehead atoms. The van der Waals surface area contributed by atoms with Crippen molar-refractivity contribution in [2.45, 2.75) is 10.1 Å². The summed E-state index contributed by atoms with van der Waals surface area (Å²) < 4.78 is 1.66. The van der Waals surface area contributed by atoms with E-state index in [-0.39, 0.29) is 5.84 Å². The van der Waals surface area contributed by atoms with Crippen molar-refractivity contribution in [3.8, 4) is 0 Å². The van der Waals surface area contributed by atoms with Crippen molar-refractivity contribution < 1.29 is 5.21 Å². The first kappa shape index (κ1) is 11.4. The molecule has 0 aliphatic heterocycles. The van der Waals surface area contributed by atoms with Crippen LogP contribution in [-0.2, 0) is 7.05 Å². The van der Waals surface area contributed by atoms with Gasteiger partial charge in [0.25, 0.3) is 0 Å². The van der Waals surface area contributed by atoms with Crippen molar-refractivity contribution in [1.29, 1.82) is 0 Å². The van der Waals surface area contributed by atoms with Crippen LogP contribution in [0.1, 0.15) is 5.69 Å². The lowest BCUT2D eigenvalue weighted by Crippen LogP contribution is -2.14. The lowest BCUT2D eigenvalue weighted by Gasteiger charge is -2.02. The fourth-order valence-corrected chi connectivity index (χ4v) is 1.94. The summed E-state index contributed by atoms with van der Waals surface area (Å²) in [6.45, 7) is 0. The topological polar surface area (TPSA) is 102 Å². The Labute approximate surface area is 101 Å². The van der Waals surface area contributed by atoms with Gasteiger partial charge in [0.2, 0.25) is 0 Å². The second kappa shape index (κ2) is 4.83. The fraction of sp³-hybridized carbons (Fsp3) is 0.111. The molecule has 2 heterocycles. The number of nitrogens with two attached hydrogens (primary N) is 1. The van der Waals surface area contributed by atoms with Crippen molar-refractivity contribution in [3.63, 3.8) is 0 Å². The molecule has 3 N–H and O–H groups in total. The van der Waals surface area contributed by atoms with E-state index in [2.05, 4.69) is 20.2 Å². The van der Waals surface area contributed by atoms with Crippen LogP contribution >= 0.6 is 11.8 Å². The Morgan fingerprint density at radius 1 is 1.53 bits per heavy atom. The van der Waals surface area contributed by atoms with Gasteiger partial charge in [-0.3, -0.25) is 4.98 Å². The average Bonchev–Trinajstić information content (AvgIpc) is 2.74. The van der Waals surface area contributed by atoms with E-state index >= 15 is 0 Å². The molecule has 0 spiro atoms. The van der Waals surface area contributed by atoms with Gasteiger partial charge < -0.3 is 10.9 Å². The molecule has 2 rings (SSSR count). The van der Waals surface area contributed by atoms with Crippen LogP contribution in [0.3, 0.4) is 0 Å². The van der Waals surface area contributed by atoms with Gasteiger partial charge in [0, 0.05) is 18.1 Å². The number of amidine groups is 1. The second-order valence-corrected chi connectivity index (χ2v) is 4.17. The Balaban J connectivity index is 2.26. The maximum atomic E-state index is 8.57. The third kappa shape index (κ3) is 2.53. The van der Waals surface area contributed by atoms with Crippen molar-refractivity contribution >= 4 is 17.6 Å². The van der Waals surface area contributed by atoms with Crippen LogP contribution in [0.5, 0.6) is 0 Å². The maximum absolute atomic E-state index is 8.57. The van der Waals surface area contributed by atoms with Gasteiger partial charge in [-0.05, 0) is 12.1 Å². The molecule has 0 aliphatic rings. The van der Waals surface area contributed by atoms with Gasteiger partial charge >= 0.3 is 0 Å². The predicted octanol–water partition coefficient (Wildman–Crippen LogP) is 0.456. The third-order valence-corrected chi connectivity index (χ3v) is 3.02. The highest BCUT2D eigenvalue weighted by atomic mass is 32.2. The Bertz CT molecular complexity index is 552. The number of hydrogen-bond acceptors (Lipinski definition) is 6. The first-order valence-corrected chi connectivity index (χ1v) is 5.48. The highest BCUT2D eigenvalue weighted by molar-refractivity contribution is 7.99. The number of rotatable bonds is 3. The zero-order valence-electron chi connectivity index (χ0n) is 8.98. The molecule has 0 fully saturated rings. The van der Waals surface area contributed by atoms with Crippen LogP contribution in [0.4, 0.5) is 0 Å². The SMILES string of the molecule is Cn1ncnc1Sc1ccnc(/C(N)=N/O)c1.